The molecule has 4 aromatic rings. The van der Waals surface area contributed by atoms with Gasteiger partial charge in [0.15, 0.2) is 5.76 Å². The van der Waals surface area contributed by atoms with Crippen molar-refractivity contribution in [1.82, 2.24) is 4.90 Å². The molecule has 1 heterocycles. The van der Waals surface area contributed by atoms with E-state index in [-0.39, 0.29) is 5.91 Å². The summed E-state index contributed by atoms with van der Waals surface area (Å²) in [7, 11) is 1.82. The van der Waals surface area contributed by atoms with Crippen LogP contribution in [0.3, 0.4) is 0 Å². The Balaban J connectivity index is 1.37. The lowest BCUT2D eigenvalue weighted by atomic mass is 9.93. The average Bonchev–Trinajstić information content (AvgIpc) is 3.16. The maximum Gasteiger partial charge on any atom is 0.289 e. The number of halogens is 1. The molecular formula is C28H24ClNO2. The molecule has 3 nitrogen and oxygen atoms in total. The van der Waals surface area contributed by atoms with Gasteiger partial charge in [-0.1, -0.05) is 66.2 Å². The van der Waals surface area contributed by atoms with Gasteiger partial charge in [0.05, 0.1) is 0 Å². The largest absolute Gasteiger partial charge is 0.451 e. The molecule has 0 fully saturated rings. The van der Waals surface area contributed by atoms with E-state index in [1.54, 1.807) is 23.1 Å². The zero-order valence-corrected chi connectivity index (χ0v) is 18.7. The van der Waals surface area contributed by atoms with Gasteiger partial charge in [-0.2, -0.15) is 0 Å². The Labute approximate surface area is 192 Å². The second kappa shape index (κ2) is 8.68. The average molecular weight is 442 g/mol. The summed E-state index contributed by atoms with van der Waals surface area (Å²) in [5.41, 5.74) is 7.26. The van der Waals surface area contributed by atoms with Crippen molar-refractivity contribution in [1.29, 1.82) is 0 Å². The molecule has 0 radical (unpaired) electrons. The lowest BCUT2D eigenvalue weighted by molar-refractivity contribution is 0.0768. The Bertz CT molecular complexity index is 1280. The van der Waals surface area contributed by atoms with Crippen molar-refractivity contribution in [2.75, 3.05) is 13.6 Å². The van der Waals surface area contributed by atoms with Gasteiger partial charge < -0.3 is 9.32 Å². The van der Waals surface area contributed by atoms with E-state index in [0.29, 0.717) is 22.9 Å². The molecule has 0 bridgehead atoms. The van der Waals surface area contributed by atoms with Gasteiger partial charge in [0.2, 0.25) is 0 Å². The summed E-state index contributed by atoms with van der Waals surface area (Å²) in [6.45, 7) is 0.602. The van der Waals surface area contributed by atoms with Gasteiger partial charge in [-0.05, 0) is 71.4 Å². The fourth-order valence-electron chi connectivity index (χ4n) is 4.45. The zero-order chi connectivity index (χ0) is 22.1. The summed E-state index contributed by atoms with van der Waals surface area (Å²) in [6.07, 6.45) is 5.11. The Morgan fingerprint density at radius 1 is 0.969 bits per heavy atom. The highest BCUT2D eigenvalue weighted by Gasteiger charge is 2.19. The smallest absolute Gasteiger partial charge is 0.289 e. The maximum atomic E-state index is 12.9. The number of aryl methyl sites for hydroxylation is 2. The standard InChI is InChI=1S/C28H24ClNO2/c1-30(28(31)27-18-21-17-22(29)14-15-26(21)32-27)16-6-11-25-23-9-4-2-7-19(23)12-13-20-8-3-5-10-24(20)25/h2-5,7-11,14-15,17-18H,6,12-13,16H2,1H3. The molecule has 0 saturated heterocycles. The van der Waals surface area contributed by atoms with E-state index in [4.69, 9.17) is 16.0 Å². The monoisotopic (exact) mass is 441 g/mol. The fourth-order valence-corrected chi connectivity index (χ4v) is 4.63. The molecule has 32 heavy (non-hydrogen) atoms. The molecule has 1 aromatic heterocycles. The number of hydrogen-bond acceptors (Lipinski definition) is 2. The van der Waals surface area contributed by atoms with Crippen molar-refractivity contribution in [2.45, 2.75) is 19.3 Å². The minimum absolute atomic E-state index is 0.127. The normalized spacial score (nSPS) is 12.8. The Hall–Kier alpha value is -3.30. The summed E-state index contributed by atoms with van der Waals surface area (Å²) < 4.78 is 5.75. The number of carbonyl (C=O) groups excluding carboxylic acids is 1. The first-order chi connectivity index (χ1) is 15.6. The summed E-state index contributed by atoms with van der Waals surface area (Å²) in [6, 6.07) is 24.4. The highest BCUT2D eigenvalue weighted by molar-refractivity contribution is 6.31. The Kier molecular flexibility index (Phi) is 5.59. The molecule has 0 spiro atoms. The van der Waals surface area contributed by atoms with Crippen LogP contribution in [0.4, 0.5) is 0 Å². The first-order valence-electron chi connectivity index (χ1n) is 10.9. The first kappa shape index (κ1) is 20.6. The van der Waals surface area contributed by atoms with Gasteiger partial charge >= 0.3 is 0 Å². The minimum Gasteiger partial charge on any atom is -0.451 e. The van der Waals surface area contributed by atoms with Gasteiger partial charge in [0, 0.05) is 24.0 Å². The third-order valence-electron chi connectivity index (χ3n) is 6.13. The summed E-state index contributed by atoms with van der Waals surface area (Å²) in [5.74, 6) is 0.208. The molecule has 160 valence electrons. The molecule has 1 amide bonds. The van der Waals surface area contributed by atoms with E-state index >= 15 is 0 Å². The maximum absolute atomic E-state index is 12.9. The van der Waals surface area contributed by atoms with Crippen LogP contribution in [0.5, 0.6) is 0 Å². The Morgan fingerprint density at radius 2 is 1.62 bits per heavy atom. The molecule has 1 aliphatic rings. The highest BCUT2D eigenvalue weighted by atomic mass is 35.5. The predicted octanol–water partition coefficient (Wildman–Crippen LogP) is 6.78. The number of carbonyl (C=O) groups is 1. The molecule has 5 rings (SSSR count). The van der Waals surface area contributed by atoms with Gasteiger partial charge in [-0.15, -0.1) is 0 Å². The van der Waals surface area contributed by atoms with Crippen LogP contribution in [0.1, 0.15) is 39.2 Å². The van der Waals surface area contributed by atoms with E-state index < -0.39 is 0 Å². The summed E-state index contributed by atoms with van der Waals surface area (Å²) in [4.78, 5) is 14.6. The van der Waals surface area contributed by atoms with Gasteiger partial charge in [0.1, 0.15) is 5.58 Å². The van der Waals surface area contributed by atoms with Gasteiger partial charge in [-0.25, -0.2) is 0 Å². The number of fused-ring (bicyclic) bond motifs is 3. The van der Waals surface area contributed by atoms with Crippen molar-refractivity contribution in [2.24, 2.45) is 0 Å². The number of hydrogen-bond donors (Lipinski definition) is 0. The number of benzene rings is 3. The molecule has 1 aliphatic carbocycles. The lowest BCUT2D eigenvalue weighted by Gasteiger charge is -2.16. The van der Waals surface area contributed by atoms with Crippen molar-refractivity contribution < 1.29 is 9.21 Å². The van der Waals surface area contributed by atoms with Crippen LogP contribution in [-0.2, 0) is 12.8 Å². The summed E-state index contributed by atoms with van der Waals surface area (Å²) >= 11 is 6.05. The first-order valence-corrected chi connectivity index (χ1v) is 11.3. The third kappa shape index (κ3) is 3.96. The van der Waals surface area contributed by atoms with Crippen molar-refractivity contribution in [3.8, 4) is 0 Å². The van der Waals surface area contributed by atoms with Crippen LogP contribution in [-0.4, -0.2) is 24.4 Å². The number of furan rings is 1. The second-order valence-corrected chi connectivity index (χ2v) is 8.68. The molecule has 0 unspecified atom stereocenters. The van der Waals surface area contributed by atoms with Crippen molar-refractivity contribution in [3.05, 3.63) is 112 Å². The quantitative estimate of drug-likeness (QED) is 0.349. The minimum atomic E-state index is -0.127. The lowest BCUT2D eigenvalue weighted by Crippen LogP contribution is -2.27. The predicted molar refractivity (Wildman–Crippen MR) is 130 cm³/mol. The van der Waals surface area contributed by atoms with Gasteiger partial charge in [-0.3, -0.25) is 4.79 Å². The van der Waals surface area contributed by atoms with E-state index in [0.717, 1.165) is 24.6 Å². The topological polar surface area (TPSA) is 33.5 Å². The van der Waals surface area contributed by atoms with E-state index in [9.17, 15) is 4.79 Å². The Morgan fingerprint density at radius 3 is 2.31 bits per heavy atom. The van der Waals surface area contributed by atoms with Gasteiger partial charge in [0.25, 0.3) is 5.91 Å². The molecule has 0 N–H and O–H groups in total. The van der Waals surface area contributed by atoms with E-state index in [2.05, 4.69) is 54.6 Å². The number of amides is 1. The molecule has 0 saturated carbocycles. The van der Waals surface area contributed by atoms with Crippen molar-refractivity contribution in [3.63, 3.8) is 0 Å². The molecule has 4 heteroatoms. The summed E-state index contributed by atoms with van der Waals surface area (Å²) in [5, 5.41) is 1.46. The van der Waals surface area contributed by atoms with E-state index in [1.165, 1.54) is 27.8 Å². The van der Waals surface area contributed by atoms with E-state index in [1.807, 2.05) is 13.1 Å². The molecule has 3 aromatic carbocycles. The second-order valence-electron chi connectivity index (χ2n) is 8.24. The van der Waals surface area contributed by atoms with Crippen LogP contribution in [0.2, 0.25) is 5.02 Å². The molecular weight excluding hydrogens is 418 g/mol. The fraction of sp³-hybridized carbons (Fsp3) is 0.179. The zero-order valence-electron chi connectivity index (χ0n) is 18.0. The van der Waals surface area contributed by atoms with Crippen LogP contribution in [0, 0.1) is 0 Å². The van der Waals surface area contributed by atoms with Crippen LogP contribution in [0.15, 0.2) is 83.3 Å². The molecule has 0 aliphatic heterocycles. The van der Waals surface area contributed by atoms with Crippen LogP contribution in [0.25, 0.3) is 16.5 Å². The van der Waals surface area contributed by atoms with Crippen LogP contribution < -0.4 is 0 Å². The highest BCUT2D eigenvalue weighted by Crippen LogP contribution is 2.33. The number of rotatable bonds is 4. The van der Waals surface area contributed by atoms with Crippen molar-refractivity contribution >= 4 is 34.1 Å². The SMILES string of the molecule is CN(CCC=C1c2ccccc2CCc2ccccc21)C(=O)c1cc2cc(Cl)ccc2o1. The number of nitrogens with zero attached hydrogens (tertiary/aromatic N) is 1. The molecule has 0 atom stereocenters. The van der Waals surface area contributed by atoms with Crippen LogP contribution >= 0.6 is 11.6 Å². The third-order valence-corrected chi connectivity index (χ3v) is 6.36.